The highest BCUT2D eigenvalue weighted by Gasteiger charge is 2.08. The summed E-state index contributed by atoms with van der Waals surface area (Å²) in [5.74, 6) is -0.418. The van der Waals surface area contributed by atoms with Crippen molar-refractivity contribution in [3.63, 3.8) is 0 Å². The second-order valence-corrected chi connectivity index (χ2v) is 3.31. The van der Waals surface area contributed by atoms with Gasteiger partial charge in [0.1, 0.15) is 0 Å². The average molecular weight is 196 g/mol. The van der Waals surface area contributed by atoms with E-state index in [9.17, 15) is 4.39 Å². The maximum atomic E-state index is 13.1. The van der Waals surface area contributed by atoms with E-state index in [-0.39, 0.29) is 0 Å². The van der Waals surface area contributed by atoms with E-state index in [1.807, 2.05) is 0 Å². The van der Waals surface area contributed by atoms with Crippen LogP contribution in [0.1, 0.15) is 0 Å². The molecule has 2 aromatic rings. The van der Waals surface area contributed by atoms with Crippen molar-refractivity contribution < 1.29 is 4.39 Å². The van der Waals surface area contributed by atoms with Gasteiger partial charge in [-0.1, -0.05) is 11.3 Å². The molecule has 2 heterocycles. The van der Waals surface area contributed by atoms with Gasteiger partial charge in [-0.05, 0) is 6.07 Å². The third kappa shape index (κ3) is 1.48. The van der Waals surface area contributed by atoms with Gasteiger partial charge in [0, 0.05) is 6.20 Å². The van der Waals surface area contributed by atoms with Gasteiger partial charge < -0.3 is 5.73 Å². The summed E-state index contributed by atoms with van der Waals surface area (Å²) in [4.78, 5) is 3.63. The van der Waals surface area contributed by atoms with Crippen molar-refractivity contribution in [2.75, 3.05) is 5.73 Å². The Bertz CT molecular complexity index is 428. The number of halogens is 1. The molecule has 0 saturated carbocycles. The predicted molar refractivity (Wildman–Crippen MR) is 47.5 cm³/mol. The molecular weight excluding hydrogens is 191 g/mol. The third-order valence-corrected chi connectivity index (χ3v) is 2.23. The average Bonchev–Trinajstić information content (AvgIpc) is 2.53. The molecule has 0 fully saturated rings. The first-order valence-electron chi connectivity index (χ1n) is 3.46. The van der Waals surface area contributed by atoms with Gasteiger partial charge in [0.25, 0.3) is 0 Å². The fourth-order valence-electron chi connectivity index (χ4n) is 0.892. The quantitative estimate of drug-likeness (QED) is 0.747. The standard InChI is InChI=1S/C7H5FN4S/c8-5-3-10-2-1-4(5)6-11-12-7(9)13-6/h1-3H,(H2,9,12). The number of pyridine rings is 1. The minimum atomic E-state index is -0.418. The van der Waals surface area contributed by atoms with Crippen molar-refractivity contribution in [3.8, 4) is 10.6 Å². The molecule has 0 amide bonds. The Morgan fingerprint density at radius 3 is 2.85 bits per heavy atom. The van der Waals surface area contributed by atoms with Crippen molar-refractivity contribution in [2.24, 2.45) is 0 Å². The van der Waals surface area contributed by atoms with E-state index in [1.54, 1.807) is 0 Å². The number of aromatic nitrogens is 3. The van der Waals surface area contributed by atoms with Crippen molar-refractivity contribution in [1.29, 1.82) is 0 Å². The zero-order chi connectivity index (χ0) is 9.26. The summed E-state index contributed by atoms with van der Waals surface area (Å²) in [6.45, 7) is 0. The summed E-state index contributed by atoms with van der Waals surface area (Å²) in [6.07, 6.45) is 2.63. The van der Waals surface area contributed by atoms with Gasteiger partial charge >= 0.3 is 0 Å². The Kier molecular flexibility index (Phi) is 1.90. The van der Waals surface area contributed by atoms with Gasteiger partial charge in [-0.15, -0.1) is 10.2 Å². The van der Waals surface area contributed by atoms with E-state index in [0.717, 1.165) is 17.5 Å². The van der Waals surface area contributed by atoms with E-state index in [4.69, 9.17) is 5.73 Å². The molecule has 2 N–H and O–H groups in total. The van der Waals surface area contributed by atoms with E-state index in [1.165, 1.54) is 12.3 Å². The van der Waals surface area contributed by atoms with Crippen molar-refractivity contribution in [2.45, 2.75) is 0 Å². The van der Waals surface area contributed by atoms with Crippen LogP contribution in [0.25, 0.3) is 10.6 Å². The van der Waals surface area contributed by atoms with Crippen LogP contribution < -0.4 is 5.73 Å². The summed E-state index contributed by atoms with van der Waals surface area (Å²) in [6, 6.07) is 1.54. The van der Waals surface area contributed by atoms with Gasteiger partial charge in [-0.2, -0.15) is 0 Å². The minimum Gasteiger partial charge on any atom is -0.374 e. The van der Waals surface area contributed by atoms with Crippen LogP contribution in [0.2, 0.25) is 0 Å². The minimum absolute atomic E-state index is 0.325. The lowest BCUT2D eigenvalue weighted by Crippen LogP contribution is -1.84. The highest BCUT2D eigenvalue weighted by atomic mass is 32.1. The number of nitrogens with zero attached hydrogens (tertiary/aromatic N) is 3. The summed E-state index contributed by atoms with van der Waals surface area (Å²) < 4.78 is 13.1. The fraction of sp³-hybridized carbons (Fsp3) is 0. The summed E-state index contributed by atoms with van der Waals surface area (Å²) in [5, 5.41) is 8.11. The molecule has 0 aromatic carbocycles. The molecule has 66 valence electrons. The maximum absolute atomic E-state index is 13.1. The molecule has 0 spiro atoms. The highest BCUT2D eigenvalue weighted by molar-refractivity contribution is 7.18. The number of anilines is 1. The fourth-order valence-corrected chi connectivity index (χ4v) is 1.53. The SMILES string of the molecule is Nc1nnc(-c2ccncc2F)s1. The molecule has 0 radical (unpaired) electrons. The molecule has 0 aliphatic rings. The number of rotatable bonds is 1. The molecule has 0 saturated heterocycles. The molecule has 0 atom stereocenters. The molecule has 2 rings (SSSR count). The first-order chi connectivity index (χ1) is 6.27. The number of hydrogen-bond donors (Lipinski definition) is 1. The van der Waals surface area contributed by atoms with Gasteiger partial charge in [-0.25, -0.2) is 4.39 Å². The van der Waals surface area contributed by atoms with Gasteiger partial charge in [0.2, 0.25) is 5.13 Å². The van der Waals surface area contributed by atoms with Crippen LogP contribution in [0, 0.1) is 5.82 Å². The summed E-state index contributed by atoms with van der Waals surface area (Å²) in [7, 11) is 0. The van der Waals surface area contributed by atoms with Crippen molar-refractivity contribution in [3.05, 3.63) is 24.3 Å². The maximum Gasteiger partial charge on any atom is 0.203 e. The first-order valence-corrected chi connectivity index (χ1v) is 4.28. The van der Waals surface area contributed by atoms with Crippen LogP contribution in [-0.2, 0) is 0 Å². The van der Waals surface area contributed by atoms with Crippen molar-refractivity contribution >= 4 is 16.5 Å². The Morgan fingerprint density at radius 2 is 2.23 bits per heavy atom. The van der Waals surface area contributed by atoms with Crippen molar-refractivity contribution in [1.82, 2.24) is 15.2 Å². The van der Waals surface area contributed by atoms with Crippen LogP contribution in [-0.4, -0.2) is 15.2 Å². The summed E-state index contributed by atoms with van der Waals surface area (Å²) >= 11 is 1.14. The molecule has 6 heteroatoms. The number of nitrogens with two attached hydrogens (primary N) is 1. The Morgan fingerprint density at radius 1 is 1.38 bits per heavy atom. The second-order valence-electron chi connectivity index (χ2n) is 2.30. The predicted octanol–water partition coefficient (Wildman–Crippen LogP) is 1.32. The smallest absolute Gasteiger partial charge is 0.203 e. The zero-order valence-corrected chi connectivity index (χ0v) is 7.25. The molecule has 4 nitrogen and oxygen atoms in total. The highest BCUT2D eigenvalue weighted by Crippen LogP contribution is 2.25. The van der Waals surface area contributed by atoms with Crippen LogP contribution in [0.3, 0.4) is 0 Å². The van der Waals surface area contributed by atoms with Crippen LogP contribution >= 0.6 is 11.3 Å². The van der Waals surface area contributed by atoms with Gasteiger partial charge in [-0.3, -0.25) is 4.98 Å². The Balaban J connectivity index is 2.52. The van der Waals surface area contributed by atoms with E-state index in [0.29, 0.717) is 15.7 Å². The van der Waals surface area contributed by atoms with E-state index >= 15 is 0 Å². The Hall–Kier alpha value is -1.56. The Labute approximate surface area is 77.3 Å². The molecular formula is C7H5FN4S. The lowest BCUT2D eigenvalue weighted by atomic mass is 10.3. The molecule has 0 aliphatic heterocycles. The normalized spacial score (nSPS) is 10.2. The zero-order valence-electron chi connectivity index (χ0n) is 6.44. The number of hydrogen-bond acceptors (Lipinski definition) is 5. The number of nitrogen functional groups attached to an aromatic ring is 1. The van der Waals surface area contributed by atoms with Crippen LogP contribution in [0.5, 0.6) is 0 Å². The second kappa shape index (κ2) is 3.06. The first kappa shape index (κ1) is 8.06. The molecule has 0 aliphatic carbocycles. The van der Waals surface area contributed by atoms with Gasteiger partial charge in [0.05, 0.1) is 11.8 Å². The molecule has 2 aromatic heterocycles. The van der Waals surface area contributed by atoms with Crippen LogP contribution in [0.4, 0.5) is 9.52 Å². The molecule has 0 unspecified atom stereocenters. The lowest BCUT2D eigenvalue weighted by molar-refractivity contribution is 0.624. The monoisotopic (exact) mass is 196 g/mol. The van der Waals surface area contributed by atoms with E-state index < -0.39 is 5.82 Å². The topological polar surface area (TPSA) is 64.7 Å². The summed E-state index contributed by atoms with van der Waals surface area (Å²) in [5.41, 5.74) is 5.75. The van der Waals surface area contributed by atoms with Gasteiger partial charge in [0.15, 0.2) is 10.8 Å². The lowest BCUT2D eigenvalue weighted by Gasteiger charge is -1.94. The largest absolute Gasteiger partial charge is 0.374 e. The van der Waals surface area contributed by atoms with E-state index in [2.05, 4.69) is 15.2 Å². The molecule has 13 heavy (non-hydrogen) atoms. The third-order valence-electron chi connectivity index (χ3n) is 1.44. The molecule has 0 bridgehead atoms. The van der Waals surface area contributed by atoms with Crippen LogP contribution in [0.15, 0.2) is 18.5 Å².